The molecule has 0 aliphatic carbocycles. The van der Waals surface area contributed by atoms with Crippen LogP contribution >= 0.6 is 58.0 Å². The minimum absolute atomic E-state index is 0.275. The number of hydrogen-bond donors (Lipinski definition) is 1. The van der Waals surface area contributed by atoms with E-state index in [1.807, 2.05) is 0 Å². The van der Waals surface area contributed by atoms with Crippen LogP contribution in [0.2, 0.25) is 25.1 Å². The van der Waals surface area contributed by atoms with Gasteiger partial charge in [0.25, 0.3) is 0 Å². The second-order valence-electron chi connectivity index (χ2n) is 4.12. The van der Waals surface area contributed by atoms with Crippen LogP contribution in [-0.4, -0.2) is 16.5 Å². The Bertz CT molecular complexity index is 808. The summed E-state index contributed by atoms with van der Waals surface area (Å²) in [6.07, 6.45) is 2.27. The van der Waals surface area contributed by atoms with Gasteiger partial charge in [0.2, 0.25) is 0 Å². The molecule has 0 unspecified atom stereocenters. The minimum atomic E-state index is 0.275. The molecule has 1 aromatic heterocycles. The molecule has 0 aliphatic rings. The summed E-state index contributed by atoms with van der Waals surface area (Å²) in [6, 6.07) is 6.42. The normalized spacial score (nSPS) is 10.2. The number of nitrogens with zero attached hydrogens (tertiary/aromatic N) is 1. The predicted molar refractivity (Wildman–Crippen MR) is 93.0 cm³/mol. The van der Waals surface area contributed by atoms with Crippen LogP contribution in [-0.2, 0) is 0 Å². The van der Waals surface area contributed by atoms with Gasteiger partial charge in [-0.25, -0.2) is 0 Å². The summed E-state index contributed by atoms with van der Waals surface area (Å²) in [7, 11) is 0. The molecule has 3 nitrogen and oxygen atoms in total. The summed E-state index contributed by atoms with van der Waals surface area (Å²) >= 11 is 28.5. The second kappa shape index (κ2) is 7.53. The molecule has 2 aromatic carbocycles. The lowest BCUT2D eigenvalue weighted by atomic mass is 10.2. The number of benzene rings is 2. The maximum atomic E-state index is 10.3. The van der Waals surface area contributed by atoms with E-state index in [0.29, 0.717) is 21.4 Å². The van der Waals surface area contributed by atoms with E-state index >= 15 is 0 Å². The summed E-state index contributed by atoms with van der Waals surface area (Å²) in [5.74, 6) is 0. The van der Waals surface area contributed by atoms with Gasteiger partial charge in [-0.05, 0) is 24.3 Å². The average molecular weight is 396 g/mol. The molecule has 8 heteroatoms. The number of hydrogen-bond acceptors (Lipinski definition) is 2. The van der Waals surface area contributed by atoms with Crippen LogP contribution in [0.5, 0.6) is 0 Å². The number of aldehydes is 1. The van der Waals surface area contributed by atoms with Gasteiger partial charge in [0.05, 0.1) is 32.3 Å². The Labute approximate surface area is 151 Å². The van der Waals surface area contributed by atoms with E-state index < -0.39 is 0 Å². The molecule has 0 atom stereocenters. The van der Waals surface area contributed by atoms with E-state index in [1.165, 1.54) is 12.1 Å². The van der Waals surface area contributed by atoms with Crippen molar-refractivity contribution in [3.63, 3.8) is 0 Å². The number of nitrogens with one attached hydrogen (secondary N) is 1. The fourth-order valence-corrected chi connectivity index (χ4v) is 3.09. The van der Waals surface area contributed by atoms with Gasteiger partial charge < -0.3 is 0 Å². The maximum Gasteiger partial charge on any atom is 0.153 e. The highest BCUT2D eigenvalue weighted by Crippen LogP contribution is 2.27. The molecule has 0 aliphatic heterocycles. The zero-order chi connectivity index (χ0) is 16.3. The van der Waals surface area contributed by atoms with Crippen LogP contribution in [0.25, 0.3) is 10.9 Å². The van der Waals surface area contributed by atoms with E-state index in [1.54, 1.807) is 18.3 Å². The van der Waals surface area contributed by atoms with Gasteiger partial charge in [-0.15, -0.1) is 0 Å². The molecule has 0 saturated carbocycles. The largest absolute Gasteiger partial charge is 0.298 e. The topological polar surface area (TPSA) is 45.8 Å². The summed E-state index contributed by atoms with van der Waals surface area (Å²) in [5, 5.41) is 9.73. The van der Waals surface area contributed by atoms with Crippen LogP contribution < -0.4 is 0 Å². The Morgan fingerprint density at radius 2 is 1.41 bits per heavy atom. The van der Waals surface area contributed by atoms with Gasteiger partial charge in [-0.2, -0.15) is 5.10 Å². The zero-order valence-corrected chi connectivity index (χ0v) is 14.5. The highest BCUT2D eigenvalue weighted by Gasteiger charge is 2.05. The number of rotatable bonds is 1. The van der Waals surface area contributed by atoms with Crippen molar-refractivity contribution < 1.29 is 4.79 Å². The van der Waals surface area contributed by atoms with Crippen molar-refractivity contribution in [3.05, 3.63) is 61.1 Å². The Hall–Kier alpha value is -0.970. The zero-order valence-electron chi connectivity index (χ0n) is 10.7. The van der Waals surface area contributed by atoms with E-state index in [2.05, 4.69) is 10.2 Å². The summed E-state index contributed by atoms with van der Waals surface area (Å²) < 4.78 is 0. The minimum Gasteiger partial charge on any atom is -0.298 e. The van der Waals surface area contributed by atoms with Crippen LogP contribution in [0.15, 0.2) is 30.5 Å². The first kappa shape index (κ1) is 17.4. The maximum absolute atomic E-state index is 10.3. The molecule has 114 valence electrons. The molecule has 0 spiro atoms. The SMILES string of the molecule is Clc1cc(Cl)c2cn[nH]c2c1.O=Cc1c(Cl)cc(Cl)cc1Cl. The monoisotopic (exact) mass is 394 g/mol. The van der Waals surface area contributed by atoms with Gasteiger partial charge in [0.1, 0.15) is 0 Å². The Morgan fingerprint density at radius 3 is 2.00 bits per heavy atom. The van der Waals surface area contributed by atoms with Gasteiger partial charge in [0.15, 0.2) is 6.29 Å². The molecular weight excluding hydrogens is 389 g/mol. The standard InChI is InChI=1S/C7H3Cl3O.C7H4Cl2N2/c8-4-1-6(9)5(3-11)7(10)2-4;8-4-1-6(9)5-3-10-11-7(5)2-4/h1-3H;1-3H,(H,10,11). The lowest BCUT2D eigenvalue weighted by Crippen LogP contribution is -1.83. The van der Waals surface area contributed by atoms with Gasteiger partial charge in [0, 0.05) is 15.4 Å². The van der Waals surface area contributed by atoms with Crippen molar-refractivity contribution in [2.45, 2.75) is 0 Å². The van der Waals surface area contributed by atoms with E-state index in [9.17, 15) is 4.79 Å². The van der Waals surface area contributed by atoms with Crippen molar-refractivity contribution >= 4 is 75.2 Å². The molecule has 0 fully saturated rings. The number of halogens is 5. The fourth-order valence-electron chi connectivity index (χ4n) is 1.64. The molecule has 3 aromatic rings. The molecular formula is C14H7Cl5N2O. The Kier molecular flexibility index (Phi) is 5.95. The summed E-state index contributed by atoms with van der Waals surface area (Å²) in [5.41, 5.74) is 1.14. The smallest absolute Gasteiger partial charge is 0.153 e. The third kappa shape index (κ3) is 4.06. The number of aromatic nitrogens is 2. The van der Waals surface area contributed by atoms with Crippen molar-refractivity contribution in [2.75, 3.05) is 0 Å². The first-order valence-corrected chi connectivity index (χ1v) is 7.69. The van der Waals surface area contributed by atoms with Crippen LogP contribution in [0.4, 0.5) is 0 Å². The highest BCUT2D eigenvalue weighted by molar-refractivity contribution is 6.41. The van der Waals surface area contributed by atoms with Crippen LogP contribution in [0.1, 0.15) is 10.4 Å². The number of carbonyl (C=O) groups excluding carboxylic acids is 1. The molecule has 3 rings (SSSR count). The van der Waals surface area contributed by atoms with Gasteiger partial charge in [-0.1, -0.05) is 58.0 Å². The van der Waals surface area contributed by atoms with Crippen molar-refractivity contribution in [1.82, 2.24) is 10.2 Å². The van der Waals surface area contributed by atoms with E-state index in [4.69, 9.17) is 58.0 Å². The number of aromatic amines is 1. The van der Waals surface area contributed by atoms with Crippen molar-refractivity contribution in [2.24, 2.45) is 0 Å². The van der Waals surface area contributed by atoms with E-state index in [-0.39, 0.29) is 15.6 Å². The Morgan fingerprint density at radius 1 is 0.864 bits per heavy atom. The molecule has 22 heavy (non-hydrogen) atoms. The molecule has 0 saturated heterocycles. The van der Waals surface area contributed by atoms with Crippen molar-refractivity contribution in [1.29, 1.82) is 0 Å². The summed E-state index contributed by atoms with van der Waals surface area (Å²) in [4.78, 5) is 10.3. The molecule has 1 N–H and O–H groups in total. The third-order valence-electron chi connectivity index (χ3n) is 2.63. The van der Waals surface area contributed by atoms with Crippen LogP contribution in [0.3, 0.4) is 0 Å². The lowest BCUT2D eigenvalue weighted by Gasteiger charge is -1.98. The summed E-state index contributed by atoms with van der Waals surface area (Å²) in [6.45, 7) is 0. The average Bonchev–Trinajstić information content (AvgIpc) is 2.87. The predicted octanol–water partition coefficient (Wildman–Crippen LogP) is 6.33. The lowest BCUT2D eigenvalue weighted by molar-refractivity contribution is 0.112. The quantitative estimate of drug-likeness (QED) is 0.489. The van der Waals surface area contributed by atoms with Gasteiger partial charge >= 0.3 is 0 Å². The first-order valence-electron chi connectivity index (χ1n) is 5.80. The number of H-pyrrole nitrogens is 1. The number of fused-ring (bicyclic) bond motifs is 1. The Balaban J connectivity index is 0.000000160. The first-order chi connectivity index (χ1) is 10.4. The molecule has 0 bridgehead atoms. The molecule has 1 heterocycles. The number of carbonyl (C=O) groups is 1. The third-order valence-corrected chi connectivity index (χ3v) is 4.01. The second-order valence-corrected chi connectivity index (χ2v) is 6.21. The van der Waals surface area contributed by atoms with E-state index in [0.717, 1.165) is 10.9 Å². The van der Waals surface area contributed by atoms with Crippen LogP contribution in [0, 0.1) is 0 Å². The van der Waals surface area contributed by atoms with Crippen molar-refractivity contribution in [3.8, 4) is 0 Å². The van der Waals surface area contributed by atoms with Gasteiger partial charge in [-0.3, -0.25) is 9.89 Å². The highest BCUT2D eigenvalue weighted by atomic mass is 35.5. The molecule has 0 radical (unpaired) electrons. The fraction of sp³-hybridized carbons (Fsp3) is 0. The molecule has 0 amide bonds.